The lowest BCUT2D eigenvalue weighted by molar-refractivity contribution is 0.0697. The molecule has 5 nitrogen and oxygen atoms in total. The van der Waals surface area contributed by atoms with Gasteiger partial charge in [-0.1, -0.05) is 0 Å². The van der Waals surface area contributed by atoms with E-state index in [9.17, 15) is 4.79 Å². The summed E-state index contributed by atoms with van der Waals surface area (Å²) in [6.07, 6.45) is 3.35. The van der Waals surface area contributed by atoms with Crippen molar-refractivity contribution in [1.29, 1.82) is 0 Å². The van der Waals surface area contributed by atoms with Gasteiger partial charge in [0.25, 0.3) is 0 Å². The fraction of sp³-hybridized carbons (Fsp3) is 0. The zero-order valence-electron chi connectivity index (χ0n) is 9.29. The van der Waals surface area contributed by atoms with Crippen LogP contribution in [-0.2, 0) is 0 Å². The number of hydrogen-bond acceptors (Lipinski definition) is 3. The van der Waals surface area contributed by atoms with Gasteiger partial charge in [0.2, 0.25) is 0 Å². The first kappa shape index (κ1) is 10.5. The first-order valence-corrected chi connectivity index (χ1v) is 5.37. The topological polar surface area (TPSA) is 78.9 Å². The molecule has 0 spiro atoms. The molecule has 0 aliphatic heterocycles. The molecule has 1 aromatic carbocycles. The molecular formula is C13H9N3O2. The minimum atomic E-state index is -0.946. The predicted molar refractivity (Wildman–Crippen MR) is 66.3 cm³/mol. The maximum absolute atomic E-state index is 11.0. The summed E-state index contributed by atoms with van der Waals surface area (Å²) in [5.41, 5.74) is 2.69. The molecule has 5 heteroatoms. The van der Waals surface area contributed by atoms with Gasteiger partial charge >= 0.3 is 5.97 Å². The molecule has 0 aliphatic carbocycles. The Morgan fingerprint density at radius 1 is 1.17 bits per heavy atom. The highest BCUT2D eigenvalue weighted by molar-refractivity contribution is 5.98. The third-order valence-corrected chi connectivity index (χ3v) is 2.76. The Bertz CT molecular complexity index is 719. The van der Waals surface area contributed by atoms with E-state index in [0.29, 0.717) is 0 Å². The van der Waals surface area contributed by atoms with Crippen LogP contribution in [0.15, 0.2) is 42.7 Å². The van der Waals surface area contributed by atoms with E-state index in [2.05, 4.69) is 15.2 Å². The molecule has 88 valence electrons. The van der Waals surface area contributed by atoms with Crippen molar-refractivity contribution in [1.82, 2.24) is 15.2 Å². The van der Waals surface area contributed by atoms with E-state index in [1.165, 1.54) is 0 Å². The monoisotopic (exact) mass is 239 g/mol. The Hall–Kier alpha value is -2.69. The van der Waals surface area contributed by atoms with Gasteiger partial charge in [0.15, 0.2) is 0 Å². The fourth-order valence-electron chi connectivity index (χ4n) is 1.88. The molecule has 2 aromatic heterocycles. The normalized spacial score (nSPS) is 10.7. The number of pyridine rings is 1. The van der Waals surface area contributed by atoms with Gasteiger partial charge in [0.05, 0.1) is 11.1 Å². The second kappa shape index (κ2) is 3.96. The minimum Gasteiger partial charge on any atom is -0.478 e. The van der Waals surface area contributed by atoms with E-state index in [0.717, 1.165) is 22.2 Å². The molecule has 0 saturated carbocycles. The van der Waals surface area contributed by atoms with Crippen molar-refractivity contribution in [3.05, 3.63) is 48.3 Å². The van der Waals surface area contributed by atoms with Crippen molar-refractivity contribution in [2.75, 3.05) is 0 Å². The van der Waals surface area contributed by atoms with Crippen molar-refractivity contribution >= 4 is 16.9 Å². The predicted octanol–water partition coefficient (Wildman–Crippen LogP) is 2.32. The van der Waals surface area contributed by atoms with Crippen LogP contribution in [-0.4, -0.2) is 26.3 Å². The summed E-state index contributed by atoms with van der Waals surface area (Å²) in [7, 11) is 0. The van der Waals surface area contributed by atoms with Gasteiger partial charge in [-0.3, -0.25) is 10.1 Å². The lowest BCUT2D eigenvalue weighted by Gasteiger charge is -1.98. The number of H-pyrrole nitrogens is 1. The van der Waals surface area contributed by atoms with Gasteiger partial charge in [-0.15, -0.1) is 0 Å². The van der Waals surface area contributed by atoms with Gasteiger partial charge in [-0.2, -0.15) is 5.10 Å². The molecule has 0 bridgehead atoms. The van der Waals surface area contributed by atoms with Crippen LogP contribution in [0.3, 0.4) is 0 Å². The second-order valence-electron chi connectivity index (χ2n) is 3.87. The van der Waals surface area contributed by atoms with E-state index in [1.807, 2.05) is 12.1 Å². The van der Waals surface area contributed by atoms with Crippen molar-refractivity contribution < 1.29 is 9.90 Å². The summed E-state index contributed by atoms with van der Waals surface area (Å²) < 4.78 is 0. The summed E-state index contributed by atoms with van der Waals surface area (Å²) in [5.74, 6) is -0.946. The van der Waals surface area contributed by atoms with Gasteiger partial charge in [0.1, 0.15) is 5.69 Å². The molecule has 2 heterocycles. The Balaban J connectivity index is 2.24. The SMILES string of the molecule is O=C(O)c1ccc2[nH]nc(-c3ccncc3)c2c1. The standard InChI is InChI=1S/C13H9N3O2/c17-13(18)9-1-2-11-10(7-9)12(16-15-11)8-3-5-14-6-4-8/h1-7H,(H,15,16)(H,17,18). The van der Waals surface area contributed by atoms with Crippen molar-refractivity contribution in [2.45, 2.75) is 0 Å². The summed E-state index contributed by atoms with van der Waals surface area (Å²) in [6, 6.07) is 8.57. The maximum atomic E-state index is 11.0. The third-order valence-electron chi connectivity index (χ3n) is 2.76. The van der Waals surface area contributed by atoms with Gasteiger partial charge in [-0.25, -0.2) is 4.79 Å². The molecular weight excluding hydrogens is 230 g/mol. The van der Waals surface area contributed by atoms with Crippen LogP contribution in [0.5, 0.6) is 0 Å². The quantitative estimate of drug-likeness (QED) is 0.719. The van der Waals surface area contributed by atoms with E-state index in [-0.39, 0.29) is 5.56 Å². The molecule has 3 aromatic rings. The molecule has 0 atom stereocenters. The van der Waals surface area contributed by atoms with E-state index in [4.69, 9.17) is 5.11 Å². The minimum absolute atomic E-state index is 0.249. The van der Waals surface area contributed by atoms with Crippen LogP contribution < -0.4 is 0 Å². The highest BCUT2D eigenvalue weighted by Crippen LogP contribution is 2.26. The number of hydrogen-bond donors (Lipinski definition) is 2. The van der Waals surface area contributed by atoms with Crippen LogP contribution in [0, 0.1) is 0 Å². The number of fused-ring (bicyclic) bond motifs is 1. The Labute approximate surface area is 102 Å². The Morgan fingerprint density at radius 2 is 1.94 bits per heavy atom. The average Bonchev–Trinajstić information content (AvgIpc) is 2.82. The van der Waals surface area contributed by atoms with E-state index in [1.54, 1.807) is 30.6 Å². The Kier molecular flexibility index (Phi) is 2.30. The summed E-state index contributed by atoms with van der Waals surface area (Å²) in [4.78, 5) is 14.9. The largest absolute Gasteiger partial charge is 0.478 e. The highest BCUT2D eigenvalue weighted by Gasteiger charge is 2.10. The number of rotatable bonds is 2. The number of aromatic carboxylic acids is 1. The highest BCUT2D eigenvalue weighted by atomic mass is 16.4. The van der Waals surface area contributed by atoms with Crippen LogP contribution >= 0.6 is 0 Å². The summed E-state index contributed by atoms with van der Waals surface area (Å²) in [6.45, 7) is 0. The van der Waals surface area contributed by atoms with Crippen LogP contribution in [0.2, 0.25) is 0 Å². The maximum Gasteiger partial charge on any atom is 0.335 e. The molecule has 3 rings (SSSR count). The number of carboxylic acid groups (broad SMARTS) is 1. The fourth-order valence-corrected chi connectivity index (χ4v) is 1.88. The van der Waals surface area contributed by atoms with E-state index < -0.39 is 5.97 Å². The smallest absolute Gasteiger partial charge is 0.335 e. The zero-order chi connectivity index (χ0) is 12.5. The number of carboxylic acids is 1. The second-order valence-corrected chi connectivity index (χ2v) is 3.87. The zero-order valence-corrected chi connectivity index (χ0v) is 9.29. The number of nitrogens with zero attached hydrogens (tertiary/aromatic N) is 2. The van der Waals surface area contributed by atoms with Crippen LogP contribution in [0.4, 0.5) is 0 Å². The molecule has 0 fully saturated rings. The molecule has 0 unspecified atom stereocenters. The lowest BCUT2D eigenvalue weighted by atomic mass is 10.1. The van der Waals surface area contributed by atoms with Gasteiger partial charge in [0, 0.05) is 23.3 Å². The molecule has 0 saturated heterocycles. The number of nitrogens with one attached hydrogen (secondary N) is 1. The number of carbonyl (C=O) groups is 1. The van der Waals surface area contributed by atoms with Gasteiger partial charge < -0.3 is 5.11 Å². The number of benzene rings is 1. The van der Waals surface area contributed by atoms with Crippen molar-refractivity contribution in [3.63, 3.8) is 0 Å². The Morgan fingerprint density at radius 3 is 2.67 bits per heavy atom. The number of aromatic amines is 1. The summed E-state index contributed by atoms with van der Waals surface area (Å²) >= 11 is 0. The molecule has 2 N–H and O–H groups in total. The van der Waals surface area contributed by atoms with Crippen molar-refractivity contribution in [3.8, 4) is 11.3 Å². The first-order chi connectivity index (χ1) is 8.75. The lowest BCUT2D eigenvalue weighted by Crippen LogP contribution is -1.94. The van der Waals surface area contributed by atoms with Crippen LogP contribution in [0.25, 0.3) is 22.2 Å². The summed E-state index contributed by atoms with van der Waals surface area (Å²) in [5, 5.41) is 16.9. The van der Waals surface area contributed by atoms with Crippen LogP contribution in [0.1, 0.15) is 10.4 Å². The van der Waals surface area contributed by atoms with Crippen molar-refractivity contribution in [2.24, 2.45) is 0 Å². The number of aromatic nitrogens is 3. The molecule has 0 amide bonds. The molecule has 0 radical (unpaired) electrons. The third kappa shape index (κ3) is 1.62. The average molecular weight is 239 g/mol. The molecule has 0 aliphatic rings. The molecule has 18 heavy (non-hydrogen) atoms. The van der Waals surface area contributed by atoms with E-state index >= 15 is 0 Å². The van der Waals surface area contributed by atoms with Gasteiger partial charge in [-0.05, 0) is 30.3 Å². The first-order valence-electron chi connectivity index (χ1n) is 5.37.